The van der Waals surface area contributed by atoms with Crippen molar-refractivity contribution in [2.75, 3.05) is 19.8 Å². The molecule has 190 valence electrons. The van der Waals surface area contributed by atoms with E-state index in [1.165, 1.54) is 12.1 Å². The Morgan fingerprint density at radius 1 is 0.882 bits per heavy atom. The Labute approximate surface area is 198 Å². The van der Waals surface area contributed by atoms with Crippen molar-refractivity contribution >= 4 is 24.2 Å². The molecule has 0 amide bonds. The molecule has 0 aliphatic carbocycles. The van der Waals surface area contributed by atoms with Gasteiger partial charge in [-0.1, -0.05) is 26.8 Å². The maximum atomic E-state index is 12.2. The van der Waals surface area contributed by atoms with Gasteiger partial charge in [0.1, 0.15) is 18.8 Å². The lowest BCUT2D eigenvalue weighted by Crippen LogP contribution is -2.36. The van der Waals surface area contributed by atoms with E-state index < -0.39 is 36.4 Å². The third-order valence-corrected chi connectivity index (χ3v) is 4.08. The van der Waals surface area contributed by atoms with Crippen LogP contribution >= 0.6 is 0 Å². The summed E-state index contributed by atoms with van der Waals surface area (Å²) >= 11 is 0. The minimum atomic E-state index is -1.05. The number of benzene rings is 1. The van der Waals surface area contributed by atoms with E-state index in [0.717, 1.165) is 0 Å². The topological polar surface area (TPSA) is 150 Å². The first-order valence-corrected chi connectivity index (χ1v) is 11.1. The van der Waals surface area contributed by atoms with Crippen LogP contribution in [-0.4, -0.2) is 56.2 Å². The highest BCUT2D eigenvalue weighted by atomic mass is 16.7. The number of hydrogen-bond acceptors (Lipinski definition) is 11. The SMILES string of the molecule is CCCOC(=O)Oc1ccc(C[C@H](N)C(=O)OC[C@H](C)OC(=O)CC)cc1OC(=O)OCCC. The molecule has 0 radical (unpaired) electrons. The highest BCUT2D eigenvalue weighted by Gasteiger charge is 2.21. The van der Waals surface area contributed by atoms with Crippen LogP contribution in [0.1, 0.15) is 52.5 Å². The molecule has 0 saturated heterocycles. The van der Waals surface area contributed by atoms with Gasteiger partial charge in [-0.25, -0.2) is 9.59 Å². The molecule has 0 saturated carbocycles. The zero-order valence-corrected chi connectivity index (χ0v) is 20.0. The van der Waals surface area contributed by atoms with E-state index in [1.807, 2.05) is 13.8 Å². The molecule has 0 unspecified atom stereocenters. The molecule has 2 N–H and O–H groups in total. The van der Waals surface area contributed by atoms with E-state index in [1.54, 1.807) is 19.9 Å². The lowest BCUT2D eigenvalue weighted by Gasteiger charge is -2.16. The number of nitrogens with two attached hydrogens (primary N) is 1. The second-order valence-corrected chi connectivity index (χ2v) is 7.28. The van der Waals surface area contributed by atoms with Crippen molar-refractivity contribution in [3.05, 3.63) is 23.8 Å². The third-order valence-electron chi connectivity index (χ3n) is 4.08. The van der Waals surface area contributed by atoms with Crippen LogP contribution in [0.5, 0.6) is 11.5 Å². The molecule has 11 heteroatoms. The average Bonchev–Trinajstić information content (AvgIpc) is 2.81. The molecular formula is C23H33NO10. The molecule has 0 aliphatic rings. The molecule has 1 rings (SSSR count). The first kappa shape index (κ1) is 28.7. The fourth-order valence-corrected chi connectivity index (χ4v) is 2.44. The summed E-state index contributed by atoms with van der Waals surface area (Å²) < 4.78 is 30.2. The first-order valence-electron chi connectivity index (χ1n) is 11.1. The number of rotatable bonds is 13. The summed E-state index contributed by atoms with van der Waals surface area (Å²) in [5.74, 6) is -1.28. The number of esters is 2. The molecule has 11 nitrogen and oxygen atoms in total. The fourth-order valence-electron chi connectivity index (χ4n) is 2.44. The summed E-state index contributed by atoms with van der Waals surface area (Å²) in [6, 6.07) is 3.28. The van der Waals surface area contributed by atoms with E-state index in [4.69, 9.17) is 34.2 Å². The van der Waals surface area contributed by atoms with Crippen molar-refractivity contribution in [3.63, 3.8) is 0 Å². The normalized spacial score (nSPS) is 12.1. The van der Waals surface area contributed by atoms with Gasteiger partial charge in [0.2, 0.25) is 0 Å². The number of carbonyl (C=O) groups is 4. The van der Waals surface area contributed by atoms with Crippen molar-refractivity contribution in [2.24, 2.45) is 5.73 Å². The Bertz CT molecular complexity index is 826. The Hall–Kier alpha value is -3.34. The molecule has 1 aromatic carbocycles. The monoisotopic (exact) mass is 483 g/mol. The molecule has 0 bridgehead atoms. The van der Waals surface area contributed by atoms with Crippen LogP contribution in [0.25, 0.3) is 0 Å². The molecule has 0 fully saturated rings. The van der Waals surface area contributed by atoms with Crippen LogP contribution in [0.15, 0.2) is 18.2 Å². The van der Waals surface area contributed by atoms with Gasteiger partial charge < -0.3 is 34.2 Å². The molecule has 0 heterocycles. The van der Waals surface area contributed by atoms with E-state index in [2.05, 4.69) is 0 Å². The summed E-state index contributed by atoms with van der Waals surface area (Å²) in [4.78, 5) is 47.2. The Balaban J connectivity index is 2.85. The van der Waals surface area contributed by atoms with Gasteiger partial charge in [0.05, 0.1) is 13.2 Å². The second-order valence-electron chi connectivity index (χ2n) is 7.28. The first-order chi connectivity index (χ1) is 16.2. The second kappa shape index (κ2) is 15.5. The van der Waals surface area contributed by atoms with Gasteiger partial charge in [-0.05, 0) is 43.9 Å². The van der Waals surface area contributed by atoms with Gasteiger partial charge in [-0.3, -0.25) is 9.59 Å². The van der Waals surface area contributed by atoms with Crippen molar-refractivity contribution < 1.29 is 47.6 Å². The van der Waals surface area contributed by atoms with Gasteiger partial charge >= 0.3 is 24.2 Å². The smallest absolute Gasteiger partial charge is 0.461 e. The van der Waals surface area contributed by atoms with Crippen LogP contribution in [0.2, 0.25) is 0 Å². The zero-order valence-electron chi connectivity index (χ0n) is 20.0. The maximum absolute atomic E-state index is 12.2. The average molecular weight is 484 g/mol. The summed E-state index contributed by atoms with van der Waals surface area (Å²) in [7, 11) is 0. The van der Waals surface area contributed by atoms with Gasteiger partial charge in [0.25, 0.3) is 0 Å². The summed E-state index contributed by atoms with van der Waals surface area (Å²) in [5, 5.41) is 0. The molecule has 0 spiro atoms. The van der Waals surface area contributed by atoms with Gasteiger partial charge in [0.15, 0.2) is 11.5 Å². The van der Waals surface area contributed by atoms with E-state index in [0.29, 0.717) is 18.4 Å². The Kier molecular flexibility index (Phi) is 13.1. The molecule has 34 heavy (non-hydrogen) atoms. The quantitative estimate of drug-likeness (QED) is 0.250. The molecule has 1 aromatic rings. The molecule has 0 aromatic heterocycles. The predicted octanol–water partition coefficient (Wildman–Crippen LogP) is 3.29. The van der Waals surface area contributed by atoms with E-state index >= 15 is 0 Å². The van der Waals surface area contributed by atoms with Crippen LogP contribution in [0, 0.1) is 0 Å². The summed E-state index contributed by atoms with van der Waals surface area (Å²) in [6.45, 7) is 7.08. The van der Waals surface area contributed by atoms with Crippen LogP contribution in [-0.2, 0) is 35.0 Å². The number of ether oxygens (including phenoxy) is 6. The van der Waals surface area contributed by atoms with Crippen molar-refractivity contribution in [1.82, 2.24) is 0 Å². The number of carbonyl (C=O) groups excluding carboxylic acids is 4. The van der Waals surface area contributed by atoms with Gasteiger partial charge in [0, 0.05) is 6.42 Å². The van der Waals surface area contributed by atoms with Crippen molar-refractivity contribution in [2.45, 2.75) is 65.5 Å². The van der Waals surface area contributed by atoms with E-state index in [9.17, 15) is 19.2 Å². The minimum absolute atomic E-state index is 0.0306. The predicted molar refractivity (Wildman–Crippen MR) is 119 cm³/mol. The largest absolute Gasteiger partial charge is 0.513 e. The van der Waals surface area contributed by atoms with Crippen LogP contribution < -0.4 is 15.2 Å². The highest BCUT2D eigenvalue weighted by Crippen LogP contribution is 2.30. The Morgan fingerprint density at radius 2 is 1.47 bits per heavy atom. The van der Waals surface area contributed by atoms with E-state index in [-0.39, 0.29) is 44.2 Å². The van der Waals surface area contributed by atoms with Gasteiger partial charge in [-0.2, -0.15) is 0 Å². The molecule has 2 atom stereocenters. The van der Waals surface area contributed by atoms with Gasteiger partial charge in [-0.15, -0.1) is 0 Å². The highest BCUT2D eigenvalue weighted by molar-refractivity contribution is 5.76. The minimum Gasteiger partial charge on any atom is -0.461 e. The zero-order chi connectivity index (χ0) is 25.5. The summed E-state index contributed by atoms with van der Waals surface area (Å²) in [6.07, 6.45) is -1.11. The molecular weight excluding hydrogens is 450 g/mol. The number of hydrogen-bond donors (Lipinski definition) is 1. The van der Waals surface area contributed by atoms with Crippen molar-refractivity contribution in [1.29, 1.82) is 0 Å². The Morgan fingerprint density at radius 3 is 2.03 bits per heavy atom. The third kappa shape index (κ3) is 11.0. The fraction of sp³-hybridized carbons (Fsp3) is 0.565. The summed E-state index contributed by atoms with van der Waals surface area (Å²) in [5.41, 5.74) is 6.44. The lowest BCUT2D eigenvalue weighted by molar-refractivity contribution is -0.158. The van der Waals surface area contributed by atoms with Crippen LogP contribution in [0.3, 0.4) is 0 Å². The molecule has 0 aliphatic heterocycles. The standard InChI is InChI=1S/C23H33NO10/c1-5-10-29-22(27)33-18-9-8-16(13-19(18)34-23(28)30-11-6-2)12-17(24)21(26)31-14-15(4)32-20(25)7-3/h8-9,13,15,17H,5-7,10-12,14,24H2,1-4H3/t15-,17-/m0/s1. The maximum Gasteiger partial charge on any atom is 0.513 e. The lowest BCUT2D eigenvalue weighted by atomic mass is 10.1. The van der Waals surface area contributed by atoms with Crippen LogP contribution in [0.4, 0.5) is 9.59 Å². The van der Waals surface area contributed by atoms with Crippen molar-refractivity contribution in [3.8, 4) is 11.5 Å².